The van der Waals surface area contributed by atoms with Crippen LogP contribution < -0.4 is 5.32 Å². The van der Waals surface area contributed by atoms with E-state index in [1.54, 1.807) is 18.3 Å². The summed E-state index contributed by atoms with van der Waals surface area (Å²) >= 11 is 0. The molecule has 0 aliphatic rings. The van der Waals surface area contributed by atoms with Gasteiger partial charge in [0.25, 0.3) is 5.91 Å². The number of rotatable bonds is 7. The lowest BCUT2D eigenvalue weighted by Crippen LogP contribution is -2.34. The number of hydrogen-bond acceptors (Lipinski definition) is 2. The van der Waals surface area contributed by atoms with Crippen molar-refractivity contribution in [1.82, 2.24) is 9.88 Å². The predicted molar refractivity (Wildman–Crippen MR) is 68.5 cm³/mol. The summed E-state index contributed by atoms with van der Waals surface area (Å²) in [6, 6.07) is 3.41. The minimum atomic E-state index is -0.959. The summed E-state index contributed by atoms with van der Waals surface area (Å²) in [4.78, 5) is 22.6. The fourth-order valence-corrected chi connectivity index (χ4v) is 1.78. The van der Waals surface area contributed by atoms with E-state index in [0.29, 0.717) is 5.69 Å². The number of unbranched alkanes of at least 4 members (excludes halogenated alkanes) is 1. The number of nitrogens with zero attached hydrogens (tertiary/aromatic N) is 1. The van der Waals surface area contributed by atoms with Crippen LogP contribution in [0.5, 0.6) is 0 Å². The maximum Gasteiger partial charge on any atom is 0.323 e. The van der Waals surface area contributed by atoms with Crippen LogP contribution in [0.15, 0.2) is 18.3 Å². The fourth-order valence-electron chi connectivity index (χ4n) is 1.78. The summed E-state index contributed by atoms with van der Waals surface area (Å²) in [5.74, 6) is -1.18. The molecule has 5 nitrogen and oxygen atoms in total. The average Bonchev–Trinajstić information content (AvgIpc) is 2.73. The van der Waals surface area contributed by atoms with E-state index in [0.717, 1.165) is 19.3 Å². The molecule has 1 aromatic heterocycles. The molecule has 0 saturated carbocycles. The predicted octanol–water partition coefficient (Wildman–Crippen LogP) is 1.88. The van der Waals surface area contributed by atoms with Crippen molar-refractivity contribution in [3.63, 3.8) is 0 Å². The SMILES string of the molecule is CCCCC(C)NC(=O)c1cccn1CC(=O)O. The molecule has 1 aromatic rings. The number of aliphatic carboxylic acids is 1. The van der Waals surface area contributed by atoms with Gasteiger partial charge in [0.1, 0.15) is 12.2 Å². The standard InChI is InChI=1S/C13H20N2O3/c1-3-4-6-10(2)14-13(18)11-7-5-8-15(11)9-12(16)17/h5,7-8,10H,3-4,6,9H2,1-2H3,(H,14,18)(H,16,17). The van der Waals surface area contributed by atoms with Crippen molar-refractivity contribution in [2.75, 3.05) is 0 Å². The lowest BCUT2D eigenvalue weighted by atomic mass is 10.1. The second-order valence-electron chi connectivity index (χ2n) is 4.43. The van der Waals surface area contributed by atoms with Gasteiger partial charge >= 0.3 is 5.97 Å². The van der Waals surface area contributed by atoms with E-state index in [1.165, 1.54) is 4.57 Å². The van der Waals surface area contributed by atoms with E-state index in [4.69, 9.17) is 5.11 Å². The van der Waals surface area contributed by atoms with Gasteiger partial charge in [-0.2, -0.15) is 0 Å². The molecular weight excluding hydrogens is 232 g/mol. The first-order valence-electron chi connectivity index (χ1n) is 6.22. The van der Waals surface area contributed by atoms with Gasteiger partial charge in [-0.15, -0.1) is 0 Å². The largest absolute Gasteiger partial charge is 0.480 e. The number of carboxylic acid groups (broad SMARTS) is 1. The first-order valence-corrected chi connectivity index (χ1v) is 6.22. The molecule has 2 N–H and O–H groups in total. The van der Waals surface area contributed by atoms with Crippen molar-refractivity contribution in [3.8, 4) is 0 Å². The van der Waals surface area contributed by atoms with Crippen molar-refractivity contribution < 1.29 is 14.7 Å². The average molecular weight is 252 g/mol. The summed E-state index contributed by atoms with van der Waals surface area (Å²) in [7, 11) is 0. The highest BCUT2D eigenvalue weighted by atomic mass is 16.4. The van der Waals surface area contributed by atoms with Crippen LogP contribution in [-0.2, 0) is 11.3 Å². The Labute approximate surface area is 107 Å². The van der Waals surface area contributed by atoms with Gasteiger partial charge in [-0.05, 0) is 25.5 Å². The molecule has 18 heavy (non-hydrogen) atoms. The van der Waals surface area contributed by atoms with Crippen LogP contribution in [0.4, 0.5) is 0 Å². The summed E-state index contributed by atoms with van der Waals surface area (Å²) in [6.07, 6.45) is 4.69. The first kappa shape index (κ1) is 14.3. The van der Waals surface area contributed by atoms with Gasteiger partial charge in [-0.3, -0.25) is 9.59 Å². The quantitative estimate of drug-likeness (QED) is 0.778. The van der Waals surface area contributed by atoms with Gasteiger partial charge in [-0.25, -0.2) is 0 Å². The number of amides is 1. The third-order valence-electron chi connectivity index (χ3n) is 2.74. The lowest BCUT2D eigenvalue weighted by Gasteiger charge is -2.14. The van der Waals surface area contributed by atoms with Crippen LogP contribution in [0.1, 0.15) is 43.6 Å². The zero-order valence-corrected chi connectivity index (χ0v) is 10.8. The van der Waals surface area contributed by atoms with Gasteiger partial charge in [0.15, 0.2) is 0 Å². The Hall–Kier alpha value is -1.78. The molecule has 100 valence electrons. The van der Waals surface area contributed by atoms with Gasteiger partial charge in [-0.1, -0.05) is 19.8 Å². The molecule has 0 saturated heterocycles. The molecule has 0 aromatic carbocycles. The number of aromatic nitrogens is 1. The van der Waals surface area contributed by atoms with Crippen molar-refractivity contribution in [1.29, 1.82) is 0 Å². The highest BCUT2D eigenvalue weighted by molar-refractivity contribution is 5.93. The van der Waals surface area contributed by atoms with E-state index >= 15 is 0 Å². The highest BCUT2D eigenvalue weighted by Crippen LogP contribution is 2.05. The summed E-state index contributed by atoms with van der Waals surface area (Å²) in [6.45, 7) is 3.86. The molecule has 0 radical (unpaired) electrons. The molecule has 1 unspecified atom stereocenters. The van der Waals surface area contributed by atoms with Crippen LogP contribution in [0.2, 0.25) is 0 Å². The van der Waals surface area contributed by atoms with Crippen LogP contribution in [0.25, 0.3) is 0 Å². The number of carboxylic acids is 1. The topological polar surface area (TPSA) is 71.3 Å². The Kier molecular flexibility index (Phi) is 5.42. The second kappa shape index (κ2) is 6.83. The molecule has 0 fully saturated rings. The molecule has 1 rings (SSSR count). The Morgan fingerprint density at radius 2 is 2.22 bits per heavy atom. The molecule has 1 atom stereocenters. The van der Waals surface area contributed by atoms with E-state index in [9.17, 15) is 9.59 Å². The fraction of sp³-hybridized carbons (Fsp3) is 0.538. The lowest BCUT2D eigenvalue weighted by molar-refractivity contribution is -0.137. The third kappa shape index (κ3) is 4.24. The van der Waals surface area contributed by atoms with Crippen LogP contribution in [0, 0.1) is 0 Å². The Morgan fingerprint density at radius 1 is 1.50 bits per heavy atom. The second-order valence-corrected chi connectivity index (χ2v) is 4.43. The van der Waals surface area contributed by atoms with Gasteiger partial charge in [0, 0.05) is 12.2 Å². The minimum absolute atomic E-state index is 0.102. The van der Waals surface area contributed by atoms with Crippen molar-refractivity contribution in [2.45, 2.75) is 45.7 Å². The van der Waals surface area contributed by atoms with Gasteiger partial charge in [0.05, 0.1) is 0 Å². The highest BCUT2D eigenvalue weighted by Gasteiger charge is 2.14. The van der Waals surface area contributed by atoms with Crippen LogP contribution in [0.3, 0.4) is 0 Å². The number of carbonyl (C=O) groups excluding carboxylic acids is 1. The Morgan fingerprint density at radius 3 is 2.83 bits per heavy atom. The third-order valence-corrected chi connectivity index (χ3v) is 2.74. The van der Waals surface area contributed by atoms with E-state index in [-0.39, 0.29) is 18.5 Å². The number of nitrogens with one attached hydrogen (secondary N) is 1. The van der Waals surface area contributed by atoms with Gasteiger partial charge in [0.2, 0.25) is 0 Å². The molecular formula is C13H20N2O3. The van der Waals surface area contributed by atoms with E-state index < -0.39 is 5.97 Å². The maximum atomic E-state index is 12.0. The molecule has 5 heteroatoms. The summed E-state index contributed by atoms with van der Waals surface area (Å²) in [5, 5.41) is 11.6. The number of hydrogen-bond donors (Lipinski definition) is 2. The number of carbonyl (C=O) groups is 2. The molecule has 1 heterocycles. The Balaban J connectivity index is 2.61. The summed E-state index contributed by atoms with van der Waals surface area (Å²) in [5.41, 5.74) is 0.390. The zero-order chi connectivity index (χ0) is 13.5. The molecule has 0 aliphatic carbocycles. The monoisotopic (exact) mass is 252 g/mol. The van der Waals surface area contributed by atoms with Crippen LogP contribution >= 0.6 is 0 Å². The smallest absolute Gasteiger partial charge is 0.323 e. The molecule has 0 aliphatic heterocycles. The molecule has 0 bridgehead atoms. The zero-order valence-electron chi connectivity index (χ0n) is 10.8. The Bertz CT molecular complexity index is 412. The van der Waals surface area contributed by atoms with Crippen LogP contribution in [-0.4, -0.2) is 27.6 Å². The van der Waals surface area contributed by atoms with Crippen molar-refractivity contribution >= 4 is 11.9 Å². The van der Waals surface area contributed by atoms with E-state index in [1.807, 2.05) is 6.92 Å². The normalized spacial score (nSPS) is 12.1. The first-order chi connectivity index (χ1) is 8.54. The van der Waals surface area contributed by atoms with Crippen molar-refractivity contribution in [3.05, 3.63) is 24.0 Å². The maximum absolute atomic E-state index is 12.0. The van der Waals surface area contributed by atoms with E-state index in [2.05, 4.69) is 12.2 Å². The summed E-state index contributed by atoms with van der Waals surface area (Å²) < 4.78 is 1.43. The molecule has 0 spiro atoms. The van der Waals surface area contributed by atoms with Gasteiger partial charge < -0.3 is 15.0 Å². The van der Waals surface area contributed by atoms with Crippen molar-refractivity contribution in [2.24, 2.45) is 0 Å². The minimum Gasteiger partial charge on any atom is -0.480 e. The molecule has 1 amide bonds.